The Balaban J connectivity index is 2.39. The van der Waals surface area contributed by atoms with Gasteiger partial charge in [-0.3, -0.25) is 10.1 Å². The van der Waals surface area contributed by atoms with E-state index in [0.29, 0.717) is 23.4 Å². The second kappa shape index (κ2) is 5.15. The van der Waals surface area contributed by atoms with Gasteiger partial charge in [0.1, 0.15) is 0 Å². The maximum Gasteiger partial charge on any atom is 0.273 e. The second-order valence-corrected chi connectivity index (χ2v) is 4.23. The zero-order valence-corrected chi connectivity index (χ0v) is 10.7. The molecule has 2 N–H and O–H groups in total. The minimum absolute atomic E-state index is 0.0250. The topological polar surface area (TPSA) is 108 Å². The molecule has 2 rings (SSSR count). The van der Waals surface area contributed by atoms with Gasteiger partial charge >= 0.3 is 0 Å². The average Bonchev–Trinajstić information content (AvgIpc) is 2.87. The van der Waals surface area contributed by atoms with Gasteiger partial charge in [-0.15, -0.1) is 0 Å². The Morgan fingerprint density at radius 1 is 1.53 bits per heavy atom. The molecule has 0 saturated heterocycles. The minimum Gasteiger partial charge on any atom is -0.334 e. The number of nitrogens with zero attached hydrogens (tertiary/aromatic N) is 3. The third-order valence-electron chi connectivity index (χ3n) is 2.87. The van der Waals surface area contributed by atoms with Crippen molar-refractivity contribution in [3.63, 3.8) is 0 Å². The van der Waals surface area contributed by atoms with Gasteiger partial charge in [-0.2, -0.15) is 4.98 Å². The molecule has 0 aliphatic rings. The van der Waals surface area contributed by atoms with Crippen LogP contribution in [0, 0.1) is 17.0 Å². The normalized spacial score (nSPS) is 12.4. The van der Waals surface area contributed by atoms with Gasteiger partial charge in [0.15, 0.2) is 5.82 Å². The quantitative estimate of drug-likeness (QED) is 0.669. The van der Waals surface area contributed by atoms with E-state index in [0.717, 1.165) is 0 Å². The van der Waals surface area contributed by atoms with Crippen LogP contribution in [0.4, 0.5) is 5.69 Å². The monoisotopic (exact) mass is 262 g/mol. The number of hydrogen-bond acceptors (Lipinski definition) is 6. The van der Waals surface area contributed by atoms with Crippen molar-refractivity contribution in [2.24, 2.45) is 5.73 Å². The Hall–Kier alpha value is -2.28. The molecule has 1 aromatic carbocycles. The summed E-state index contributed by atoms with van der Waals surface area (Å²) in [4.78, 5) is 14.6. The van der Waals surface area contributed by atoms with Gasteiger partial charge in [-0.25, -0.2) is 0 Å². The summed E-state index contributed by atoms with van der Waals surface area (Å²) in [6.45, 7) is 3.59. The highest BCUT2D eigenvalue weighted by atomic mass is 16.6. The number of nitro benzene ring substituents is 1. The molecule has 2 aromatic rings. The van der Waals surface area contributed by atoms with Crippen molar-refractivity contribution in [3.8, 4) is 11.5 Å². The molecule has 0 saturated carbocycles. The van der Waals surface area contributed by atoms with E-state index in [1.165, 1.54) is 6.07 Å². The van der Waals surface area contributed by atoms with Crippen molar-refractivity contribution in [1.82, 2.24) is 10.1 Å². The molecule has 0 bridgehead atoms. The highest BCUT2D eigenvalue weighted by molar-refractivity contribution is 5.59. The zero-order valence-electron chi connectivity index (χ0n) is 10.7. The van der Waals surface area contributed by atoms with Gasteiger partial charge in [0.2, 0.25) is 0 Å². The molecule has 1 aromatic heterocycles. The molecule has 1 atom stereocenters. The number of nitro groups is 1. The Bertz CT molecular complexity index is 609. The van der Waals surface area contributed by atoms with Crippen LogP contribution in [0.2, 0.25) is 0 Å². The Morgan fingerprint density at radius 2 is 2.26 bits per heavy atom. The average molecular weight is 262 g/mol. The molecular weight excluding hydrogens is 248 g/mol. The summed E-state index contributed by atoms with van der Waals surface area (Å²) in [7, 11) is 0. The summed E-state index contributed by atoms with van der Waals surface area (Å²) in [5.41, 5.74) is 6.92. The van der Waals surface area contributed by atoms with Crippen molar-refractivity contribution in [2.45, 2.75) is 26.3 Å². The van der Waals surface area contributed by atoms with Gasteiger partial charge in [0.25, 0.3) is 11.6 Å². The summed E-state index contributed by atoms with van der Waals surface area (Å²) in [6.07, 6.45) is 0.688. The molecule has 0 amide bonds. The molecule has 0 aliphatic heterocycles. The number of benzene rings is 1. The number of hydrogen-bond donors (Lipinski definition) is 1. The van der Waals surface area contributed by atoms with Crippen LogP contribution in [-0.4, -0.2) is 15.1 Å². The molecule has 7 nitrogen and oxygen atoms in total. The van der Waals surface area contributed by atoms with Crippen molar-refractivity contribution in [2.75, 3.05) is 0 Å². The van der Waals surface area contributed by atoms with E-state index in [1.54, 1.807) is 19.1 Å². The molecular formula is C12H14N4O3. The van der Waals surface area contributed by atoms with Crippen LogP contribution in [0.1, 0.15) is 30.8 Å². The van der Waals surface area contributed by atoms with Gasteiger partial charge in [0, 0.05) is 17.2 Å². The van der Waals surface area contributed by atoms with E-state index in [-0.39, 0.29) is 17.6 Å². The van der Waals surface area contributed by atoms with Crippen LogP contribution >= 0.6 is 0 Å². The van der Waals surface area contributed by atoms with Crippen molar-refractivity contribution in [1.29, 1.82) is 0 Å². The fourth-order valence-electron chi connectivity index (χ4n) is 1.62. The summed E-state index contributed by atoms with van der Waals surface area (Å²) in [5, 5.41) is 14.7. The molecule has 0 fully saturated rings. The Morgan fingerprint density at radius 3 is 2.89 bits per heavy atom. The molecule has 7 heteroatoms. The van der Waals surface area contributed by atoms with E-state index in [1.807, 2.05) is 6.92 Å². The van der Waals surface area contributed by atoms with Gasteiger partial charge in [0.05, 0.1) is 11.0 Å². The standard InChI is InChI=1S/C12H14N4O3/c1-3-9(13)11-14-12(19-15-11)8-5-4-7(2)10(6-8)16(17)18/h4-6,9H,3,13H2,1-2H3. The number of aromatic nitrogens is 2. The SMILES string of the molecule is CCC(N)c1noc(-c2ccc(C)c([N+](=O)[O-])c2)n1. The molecule has 1 heterocycles. The molecule has 100 valence electrons. The molecule has 0 radical (unpaired) electrons. The lowest BCUT2D eigenvalue weighted by molar-refractivity contribution is -0.385. The first-order valence-electron chi connectivity index (χ1n) is 5.87. The lowest BCUT2D eigenvalue weighted by Crippen LogP contribution is -2.10. The summed E-state index contributed by atoms with van der Waals surface area (Å²) in [5.74, 6) is 0.641. The molecule has 19 heavy (non-hydrogen) atoms. The van der Waals surface area contributed by atoms with E-state index < -0.39 is 4.92 Å². The second-order valence-electron chi connectivity index (χ2n) is 4.23. The van der Waals surface area contributed by atoms with Gasteiger partial charge in [-0.1, -0.05) is 18.1 Å². The number of nitrogens with two attached hydrogens (primary N) is 1. The summed E-state index contributed by atoms with van der Waals surface area (Å²) in [6, 6.07) is 4.48. The van der Waals surface area contributed by atoms with E-state index in [9.17, 15) is 10.1 Å². The third-order valence-corrected chi connectivity index (χ3v) is 2.87. The first-order chi connectivity index (χ1) is 9.02. The maximum absolute atomic E-state index is 10.9. The highest BCUT2D eigenvalue weighted by Crippen LogP contribution is 2.26. The minimum atomic E-state index is -0.437. The highest BCUT2D eigenvalue weighted by Gasteiger charge is 2.17. The van der Waals surface area contributed by atoms with Crippen molar-refractivity contribution >= 4 is 5.69 Å². The van der Waals surface area contributed by atoms with E-state index in [4.69, 9.17) is 10.3 Å². The lowest BCUT2D eigenvalue weighted by Gasteiger charge is -2.00. The van der Waals surface area contributed by atoms with Crippen LogP contribution in [0.3, 0.4) is 0 Å². The van der Waals surface area contributed by atoms with Gasteiger partial charge in [-0.05, 0) is 19.4 Å². The first kappa shape index (κ1) is 13.2. The first-order valence-corrected chi connectivity index (χ1v) is 5.87. The summed E-state index contributed by atoms with van der Waals surface area (Å²) < 4.78 is 5.08. The Kier molecular flexibility index (Phi) is 3.57. The smallest absolute Gasteiger partial charge is 0.273 e. The van der Waals surface area contributed by atoms with Crippen LogP contribution in [-0.2, 0) is 0 Å². The predicted molar refractivity (Wildman–Crippen MR) is 68.3 cm³/mol. The van der Waals surface area contributed by atoms with Crippen LogP contribution < -0.4 is 5.73 Å². The van der Waals surface area contributed by atoms with Gasteiger partial charge < -0.3 is 10.3 Å². The number of rotatable bonds is 4. The zero-order chi connectivity index (χ0) is 14.0. The van der Waals surface area contributed by atoms with E-state index >= 15 is 0 Å². The predicted octanol–water partition coefficient (Wildman–Crippen LogP) is 2.36. The number of aryl methyl sites for hydroxylation is 1. The summed E-state index contributed by atoms with van der Waals surface area (Å²) >= 11 is 0. The molecule has 1 unspecified atom stereocenters. The fraction of sp³-hybridized carbons (Fsp3) is 0.333. The van der Waals surface area contributed by atoms with Crippen molar-refractivity contribution in [3.05, 3.63) is 39.7 Å². The Labute approximate surface area is 109 Å². The van der Waals surface area contributed by atoms with Crippen LogP contribution in [0.5, 0.6) is 0 Å². The third kappa shape index (κ3) is 2.60. The largest absolute Gasteiger partial charge is 0.334 e. The van der Waals surface area contributed by atoms with Crippen molar-refractivity contribution < 1.29 is 9.45 Å². The molecule has 0 spiro atoms. The van der Waals surface area contributed by atoms with Crippen LogP contribution in [0.15, 0.2) is 22.7 Å². The fourth-order valence-corrected chi connectivity index (χ4v) is 1.62. The van der Waals surface area contributed by atoms with Crippen LogP contribution in [0.25, 0.3) is 11.5 Å². The molecule has 0 aliphatic carbocycles. The maximum atomic E-state index is 10.9. The lowest BCUT2D eigenvalue weighted by atomic mass is 10.1. The van der Waals surface area contributed by atoms with E-state index in [2.05, 4.69) is 10.1 Å².